The molecule has 0 aromatic heterocycles. The summed E-state index contributed by atoms with van der Waals surface area (Å²) in [6, 6.07) is 6.18. The smallest absolute Gasteiger partial charge is 0.449 e. The zero-order chi connectivity index (χ0) is 11.6. The van der Waals surface area contributed by atoms with E-state index in [9.17, 15) is 17.3 Å². The first-order valence-electron chi connectivity index (χ1n) is 5.33. The third-order valence-electron chi connectivity index (χ3n) is 4.21. The zero-order valence-electron chi connectivity index (χ0n) is 9.52. The minimum absolute atomic E-state index is 0. The van der Waals surface area contributed by atoms with E-state index in [1.807, 2.05) is 0 Å². The van der Waals surface area contributed by atoms with E-state index in [1.165, 1.54) is 6.07 Å². The largest absolute Gasteiger partial charge is 1.00 e. The first-order chi connectivity index (χ1) is 7.39. The van der Waals surface area contributed by atoms with Crippen LogP contribution in [-0.4, -0.2) is 6.98 Å². The molecule has 0 aliphatic heterocycles. The van der Waals surface area contributed by atoms with Crippen LogP contribution in [0.5, 0.6) is 0 Å². The van der Waals surface area contributed by atoms with Gasteiger partial charge in [0.05, 0.1) is 0 Å². The second kappa shape index (κ2) is 4.07. The molecule has 1 aromatic carbocycles. The molecule has 0 heterocycles. The van der Waals surface area contributed by atoms with Gasteiger partial charge in [0.25, 0.3) is 0 Å². The summed E-state index contributed by atoms with van der Waals surface area (Å²) in [5.74, 6) is -0.370. The maximum atomic E-state index is 13.5. The van der Waals surface area contributed by atoms with Gasteiger partial charge in [-0.1, -0.05) is 42.8 Å². The summed E-state index contributed by atoms with van der Waals surface area (Å²) in [5, 5.41) is -1.44. The van der Waals surface area contributed by atoms with Crippen LogP contribution in [0.4, 0.5) is 17.3 Å². The molecule has 0 radical (unpaired) electrons. The van der Waals surface area contributed by atoms with E-state index in [0.29, 0.717) is 5.56 Å². The predicted molar refractivity (Wildman–Crippen MR) is 53.7 cm³/mol. The van der Waals surface area contributed by atoms with Crippen molar-refractivity contribution in [2.45, 2.75) is 30.0 Å². The Hall–Kier alpha value is 0.641. The second-order valence-electron chi connectivity index (χ2n) is 5.23. The van der Waals surface area contributed by atoms with Gasteiger partial charge >= 0.3 is 58.4 Å². The molecular formula is C11H10BF4K. The quantitative estimate of drug-likeness (QED) is 0.551. The Kier molecular flexibility index (Phi) is 3.36. The summed E-state index contributed by atoms with van der Waals surface area (Å²) in [6.07, 6.45) is 0.263. The zero-order valence-corrected chi connectivity index (χ0v) is 12.6. The summed E-state index contributed by atoms with van der Waals surface area (Å²) in [4.78, 5) is 0. The van der Waals surface area contributed by atoms with Crippen LogP contribution in [0.15, 0.2) is 24.3 Å². The molecule has 3 aliphatic carbocycles. The number of halogens is 4. The molecule has 3 fully saturated rings. The van der Waals surface area contributed by atoms with Gasteiger partial charge in [0, 0.05) is 0 Å². The average Bonchev–Trinajstić information content (AvgIpc) is 2.00. The molecular weight excluding hydrogens is 258 g/mol. The predicted octanol–water partition coefficient (Wildman–Crippen LogP) is 0.853. The minimum atomic E-state index is -4.77. The molecule has 0 unspecified atom stereocenters. The van der Waals surface area contributed by atoms with Crippen LogP contribution in [0.25, 0.3) is 0 Å². The molecule has 86 valence electrons. The SMILES string of the molecule is Fc1ccccc1C12CC([B-](F)(F)F)(C1)C2.[K+]. The number of hydrogen-bond donors (Lipinski definition) is 0. The van der Waals surface area contributed by atoms with Crippen molar-refractivity contribution in [3.63, 3.8) is 0 Å². The van der Waals surface area contributed by atoms with Crippen LogP contribution in [0, 0.1) is 5.82 Å². The van der Waals surface area contributed by atoms with E-state index in [2.05, 4.69) is 0 Å². The van der Waals surface area contributed by atoms with Gasteiger partial charge in [-0.15, -0.1) is 0 Å². The van der Waals surface area contributed by atoms with Crippen molar-refractivity contribution in [1.82, 2.24) is 0 Å². The van der Waals surface area contributed by atoms with Gasteiger partial charge in [-0.2, -0.15) is 0 Å². The summed E-state index contributed by atoms with van der Waals surface area (Å²) in [7, 11) is 0. The fourth-order valence-corrected chi connectivity index (χ4v) is 3.39. The molecule has 6 heteroatoms. The molecule has 1 aromatic rings. The Bertz CT molecular complexity index is 437. The fourth-order valence-electron chi connectivity index (χ4n) is 3.39. The van der Waals surface area contributed by atoms with Crippen LogP contribution in [0.3, 0.4) is 0 Å². The topological polar surface area (TPSA) is 0 Å². The molecule has 4 rings (SSSR count). The second-order valence-corrected chi connectivity index (χ2v) is 5.23. The number of hydrogen-bond acceptors (Lipinski definition) is 0. The van der Waals surface area contributed by atoms with Crippen molar-refractivity contribution < 1.29 is 68.7 Å². The van der Waals surface area contributed by atoms with Crippen molar-refractivity contribution in [3.05, 3.63) is 35.6 Å². The monoisotopic (exact) mass is 268 g/mol. The molecule has 3 saturated carbocycles. The van der Waals surface area contributed by atoms with Gasteiger partial charge in [0.15, 0.2) is 0 Å². The van der Waals surface area contributed by atoms with E-state index in [1.54, 1.807) is 18.2 Å². The van der Waals surface area contributed by atoms with Crippen LogP contribution in [-0.2, 0) is 5.41 Å². The summed E-state index contributed by atoms with van der Waals surface area (Å²) >= 11 is 0. The van der Waals surface area contributed by atoms with Crippen molar-refractivity contribution in [2.75, 3.05) is 0 Å². The van der Waals surface area contributed by atoms with Crippen LogP contribution in [0.1, 0.15) is 24.8 Å². The van der Waals surface area contributed by atoms with Crippen molar-refractivity contribution >= 4 is 6.98 Å². The maximum Gasteiger partial charge on any atom is 1.00 e. The Morgan fingerprint density at radius 1 is 1.00 bits per heavy atom. The first kappa shape index (κ1) is 14.1. The molecule has 0 atom stereocenters. The normalized spacial score (nSPS) is 34.4. The minimum Gasteiger partial charge on any atom is -0.449 e. The molecule has 0 N–H and O–H groups in total. The Morgan fingerprint density at radius 2 is 1.53 bits per heavy atom. The van der Waals surface area contributed by atoms with Crippen LogP contribution in [0.2, 0.25) is 5.31 Å². The molecule has 0 spiro atoms. The van der Waals surface area contributed by atoms with E-state index < -0.39 is 17.7 Å². The third-order valence-corrected chi connectivity index (χ3v) is 4.21. The maximum absolute atomic E-state index is 13.5. The van der Waals surface area contributed by atoms with Gasteiger partial charge in [0.1, 0.15) is 5.82 Å². The fraction of sp³-hybridized carbons (Fsp3) is 0.455. The molecule has 3 aliphatic rings. The average molecular weight is 268 g/mol. The standard InChI is InChI=1S/C11H10BF4.K/c13-9-4-2-1-3-8(9)10-5-11(6-10,7-10)12(14,15)16;/h1-4H,5-7H2;/q-1;+1. The molecule has 2 bridgehead atoms. The molecule has 0 saturated heterocycles. The van der Waals surface area contributed by atoms with Gasteiger partial charge < -0.3 is 12.9 Å². The Labute approximate surface area is 140 Å². The molecule has 0 amide bonds. The van der Waals surface area contributed by atoms with Gasteiger partial charge in [0.2, 0.25) is 0 Å². The van der Waals surface area contributed by atoms with Gasteiger partial charge in [-0.05, 0) is 17.0 Å². The number of rotatable bonds is 2. The van der Waals surface area contributed by atoms with Crippen LogP contribution < -0.4 is 51.4 Å². The van der Waals surface area contributed by atoms with Crippen molar-refractivity contribution in [3.8, 4) is 0 Å². The van der Waals surface area contributed by atoms with E-state index >= 15 is 0 Å². The molecule has 0 nitrogen and oxygen atoms in total. The van der Waals surface area contributed by atoms with Gasteiger partial charge in [-0.3, -0.25) is 0 Å². The van der Waals surface area contributed by atoms with Crippen molar-refractivity contribution in [1.29, 1.82) is 0 Å². The number of benzene rings is 1. The van der Waals surface area contributed by atoms with Gasteiger partial charge in [-0.25, -0.2) is 4.39 Å². The summed E-state index contributed by atoms with van der Waals surface area (Å²) in [6.45, 7) is -4.77. The van der Waals surface area contributed by atoms with E-state index in [4.69, 9.17) is 0 Å². The Balaban J connectivity index is 0.00000108. The van der Waals surface area contributed by atoms with Crippen molar-refractivity contribution in [2.24, 2.45) is 0 Å². The third kappa shape index (κ3) is 1.79. The van der Waals surface area contributed by atoms with E-state index in [0.717, 1.165) is 0 Å². The molecule has 17 heavy (non-hydrogen) atoms. The Morgan fingerprint density at radius 3 is 2.00 bits per heavy atom. The first-order valence-corrected chi connectivity index (χ1v) is 5.33. The van der Waals surface area contributed by atoms with E-state index in [-0.39, 0.29) is 76.5 Å². The summed E-state index contributed by atoms with van der Waals surface area (Å²) in [5.41, 5.74) is -0.0419. The van der Waals surface area contributed by atoms with Crippen LogP contribution >= 0.6 is 0 Å². The summed E-state index contributed by atoms with van der Waals surface area (Å²) < 4.78 is 51.5.